The Hall–Kier alpha value is -2.16. The second-order valence-electron chi connectivity index (χ2n) is 6.59. The standard InChI is InChI=1S/C16H15BrN2O6/c1-24-6-2-3-9(10(4-6)19(22)23)18-15(20)11-7-5-8-12(11)16(21)25-14(8)13(7)17/h2-4,7-8,11-14H,5H2,1H3,(H,18,20)/t7-,8-,11-,12+,13-,14+/m1/s1. The summed E-state index contributed by atoms with van der Waals surface area (Å²) in [6.07, 6.45) is 0.585. The Morgan fingerprint density at radius 1 is 1.44 bits per heavy atom. The minimum absolute atomic E-state index is 0.0104. The summed E-state index contributed by atoms with van der Waals surface area (Å²) in [6.45, 7) is 0. The van der Waals surface area contributed by atoms with Gasteiger partial charge >= 0.3 is 5.97 Å². The topological polar surface area (TPSA) is 108 Å². The molecule has 6 atom stereocenters. The van der Waals surface area contributed by atoms with Crippen LogP contribution >= 0.6 is 15.9 Å². The van der Waals surface area contributed by atoms with E-state index in [9.17, 15) is 19.7 Å². The Morgan fingerprint density at radius 2 is 2.20 bits per heavy atom. The van der Waals surface area contributed by atoms with E-state index in [2.05, 4.69) is 21.2 Å². The minimum Gasteiger partial charge on any atom is -0.496 e. The molecule has 132 valence electrons. The number of hydrogen-bond donors (Lipinski definition) is 1. The lowest BCUT2D eigenvalue weighted by molar-refractivity contribution is -0.384. The Morgan fingerprint density at radius 3 is 2.88 bits per heavy atom. The number of carbonyl (C=O) groups is 2. The Kier molecular flexibility index (Phi) is 3.71. The molecule has 3 fully saturated rings. The van der Waals surface area contributed by atoms with Crippen molar-refractivity contribution >= 4 is 39.2 Å². The molecule has 1 heterocycles. The van der Waals surface area contributed by atoms with E-state index in [0.717, 1.165) is 6.42 Å². The molecular formula is C16H15BrN2O6. The average molecular weight is 411 g/mol. The summed E-state index contributed by atoms with van der Waals surface area (Å²) in [5, 5.41) is 13.9. The van der Waals surface area contributed by atoms with E-state index < -0.39 is 16.8 Å². The van der Waals surface area contributed by atoms with Gasteiger partial charge in [-0.15, -0.1) is 0 Å². The molecular weight excluding hydrogens is 396 g/mol. The number of amides is 1. The molecule has 1 amide bonds. The number of halogens is 1. The van der Waals surface area contributed by atoms with Gasteiger partial charge in [-0.25, -0.2) is 0 Å². The molecule has 0 aromatic heterocycles. The predicted molar refractivity (Wildman–Crippen MR) is 89.5 cm³/mol. The van der Waals surface area contributed by atoms with Crippen molar-refractivity contribution in [3.05, 3.63) is 28.3 Å². The van der Waals surface area contributed by atoms with Crippen molar-refractivity contribution in [3.8, 4) is 5.75 Å². The molecule has 2 saturated carbocycles. The van der Waals surface area contributed by atoms with Crippen LogP contribution in [-0.4, -0.2) is 34.8 Å². The van der Waals surface area contributed by atoms with Crippen LogP contribution in [0.2, 0.25) is 0 Å². The van der Waals surface area contributed by atoms with Crippen molar-refractivity contribution in [1.82, 2.24) is 0 Å². The van der Waals surface area contributed by atoms with E-state index in [4.69, 9.17) is 9.47 Å². The Balaban J connectivity index is 1.61. The number of benzene rings is 1. The van der Waals surface area contributed by atoms with Gasteiger partial charge < -0.3 is 14.8 Å². The van der Waals surface area contributed by atoms with Gasteiger partial charge in [0.2, 0.25) is 5.91 Å². The van der Waals surface area contributed by atoms with E-state index in [-0.39, 0.29) is 46.0 Å². The molecule has 1 saturated heterocycles. The van der Waals surface area contributed by atoms with Gasteiger partial charge in [0.05, 0.1) is 34.8 Å². The van der Waals surface area contributed by atoms with E-state index in [1.807, 2.05) is 0 Å². The van der Waals surface area contributed by atoms with Gasteiger partial charge in [0, 0.05) is 5.92 Å². The minimum atomic E-state index is -0.577. The van der Waals surface area contributed by atoms with Crippen molar-refractivity contribution in [3.63, 3.8) is 0 Å². The highest BCUT2D eigenvalue weighted by Crippen LogP contribution is 2.60. The smallest absolute Gasteiger partial charge is 0.310 e. The van der Waals surface area contributed by atoms with E-state index in [1.165, 1.54) is 25.3 Å². The second kappa shape index (κ2) is 5.69. The van der Waals surface area contributed by atoms with Crippen LogP contribution in [0.25, 0.3) is 0 Å². The predicted octanol–water partition coefficient (Wildman–Crippen LogP) is 2.11. The summed E-state index contributed by atoms with van der Waals surface area (Å²) in [7, 11) is 1.41. The van der Waals surface area contributed by atoms with Crippen LogP contribution in [0, 0.1) is 33.8 Å². The Bertz CT molecular complexity index is 784. The number of methoxy groups -OCH3 is 1. The number of anilines is 1. The summed E-state index contributed by atoms with van der Waals surface area (Å²) in [4.78, 5) is 35.6. The molecule has 8 nitrogen and oxygen atoms in total. The van der Waals surface area contributed by atoms with Gasteiger partial charge in [0.25, 0.3) is 5.69 Å². The molecule has 0 spiro atoms. The lowest BCUT2D eigenvalue weighted by atomic mass is 9.79. The maximum Gasteiger partial charge on any atom is 0.310 e. The number of nitrogens with one attached hydrogen (secondary N) is 1. The number of alkyl halides is 1. The largest absolute Gasteiger partial charge is 0.496 e. The summed E-state index contributed by atoms with van der Waals surface area (Å²) >= 11 is 3.54. The summed E-state index contributed by atoms with van der Waals surface area (Å²) in [5.74, 6) is -1.36. The molecule has 9 heteroatoms. The number of rotatable bonds is 4. The summed E-state index contributed by atoms with van der Waals surface area (Å²) in [5.41, 5.74) is -0.161. The number of esters is 1. The van der Waals surface area contributed by atoms with E-state index >= 15 is 0 Å². The lowest BCUT2D eigenvalue weighted by Gasteiger charge is -2.27. The van der Waals surface area contributed by atoms with Crippen LogP contribution in [-0.2, 0) is 14.3 Å². The SMILES string of the molecule is COc1ccc(NC(=O)[C@@H]2[C@H]3C[C@H]4[C@H](OC(=O)[C@@H]42)[C@@H]3Br)c([N+](=O)[O-])c1. The van der Waals surface area contributed by atoms with Crippen LogP contribution in [0.5, 0.6) is 5.75 Å². The Labute approximate surface area is 151 Å². The van der Waals surface area contributed by atoms with Crippen molar-refractivity contribution in [2.75, 3.05) is 12.4 Å². The number of carbonyl (C=O) groups excluding carboxylic acids is 2. The molecule has 0 radical (unpaired) electrons. The van der Waals surface area contributed by atoms with Crippen LogP contribution in [0.4, 0.5) is 11.4 Å². The zero-order chi connectivity index (χ0) is 17.9. The second-order valence-corrected chi connectivity index (χ2v) is 7.65. The first-order chi connectivity index (χ1) is 11.9. The van der Waals surface area contributed by atoms with Gasteiger partial charge in [-0.1, -0.05) is 15.9 Å². The van der Waals surface area contributed by atoms with Crippen LogP contribution in [0.3, 0.4) is 0 Å². The monoisotopic (exact) mass is 410 g/mol. The number of hydrogen-bond acceptors (Lipinski definition) is 6. The molecule has 1 aliphatic heterocycles. The molecule has 2 bridgehead atoms. The van der Waals surface area contributed by atoms with Crippen molar-refractivity contribution in [1.29, 1.82) is 0 Å². The average Bonchev–Trinajstić information content (AvgIpc) is 3.19. The number of nitro groups is 1. The lowest BCUT2D eigenvalue weighted by Crippen LogP contribution is -2.40. The van der Waals surface area contributed by atoms with Gasteiger partial charge in [-0.2, -0.15) is 0 Å². The zero-order valence-electron chi connectivity index (χ0n) is 13.2. The first-order valence-electron chi connectivity index (χ1n) is 7.90. The van der Waals surface area contributed by atoms with E-state index in [0.29, 0.717) is 5.75 Å². The third-order valence-electron chi connectivity index (χ3n) is 5.49. The van der Waals surface area contributed by atoms with Crippen LogP contribution in [0.1, 0.15) is 6.42 Å². The van der Waals surface area contributed by atoms with Gasteiger partial charge in [-0.3, -0.25) is 19.7 Å². The molecule has 1 aromatic rings. The normalized spacial score (nSPS) is 34.7. The third kappa shape index (κ3) is 2.32. The van der Waals surface area contributed by atoms with Crippen molar-refractivity contribution in [2.45, 2.75) is 17.4 Å². The quantitative estimate of drug-likeness (QED) is 0.352. The number of fused-ring (bicyclic) bond motifs is 1. The highest BCUT2D eigenvalue weighted by Gasteiger charge is 2.67. The first-order valence-corrected chi connectivity index (χ1v) is 8.81. The van der Waals surface area contributed by atoms with Crippen LogP contribution in [0.15, 0.2) is 18.2 Å². The number of ether oxygens (including phenoxy) is 2. The highest BCUT2D eigenvalue weighted by atomic mass is 79.9. The number of nitrogens with zero attached hydrogens (tertiary/aromatic N) is 1. The molecule has 0 unspecified atom stereocenters. The molecule has 1 aromatic carbocycles. The van der Waals surface area contributed by atoms with Gasteiger partial charge in [0.1, 0.15) is 17.5 Å². The van der Waals surface area contributed by atoms with E-state index in [1.54, 1.807) is 0 Å². The first kappa shape index (κ1) is 16.3. The maximum absolute atomic E-state index is 12.8. The maximum atomic E-state index is 12.8. The molecule has 4 rings (SSSR count). The van der Waals surface area contributed by atoms with Gasteiger partial charge in [-0.05, 0) is 24.5 Å². The molecule has 2 aliphatic carbocycles. The zero-order valence-corrected chi connectivity index (χ0v) is 14.8. The van der Waals surface area contributed by atoms with Crippen LogP contribution < -0.4 is 10.1 Å². The summed E-state index contributed by atoms with van der Waals surface area (Å²) < 4.78 is 10.4. The number of nitro benzene ring substituents is 1. The highest BCUT2D eigenvalue weighted by molar-refractivity contribution is 9.09. The molecule has 25 heavy (non-hydrogen) atoms. The summed E-state index contributed by atoms with van der Waals surface area (Å²) in [6, 6.07) is 4.23. The van der Waals surface area contributed by atoms with Gasteiger partial charge in [0.15, 0.2) is 0 Å². The fourth-order valence-corrected chi connectivity index (χ4v) is 5.49. The van der Waals surface area contributed by atoms with Crippen molar-refractivity contribution < 1.29 is 24.0 Å². The molecule has 3 aliphatic rings. The van der Waals surface area contributed by atoms with Crippen molar-refractivity contribution in [2.24, 2.45) is 23.7 Å². The third-order valence-corrected chi connectivity index (χ3v) is 6.69. The fraction of sp³-hybridized carbons (Fsp3) is 0.500. The molecule has 1 N–H and O–H groups in total. The fourth-order valence-electron chi connectivity index (χ4n) is 4.44.